The summed E-state index contributed by atoms with van der Waals surface area (Å²) in [5, 5.41) is 9.85. The number of pyridine rings is 1. The van der Waals surface area contributed by atoms with Crippen molar-refractivity contribution in [2.24, 2.45) is 5.41 Å². The highest BCUT2D eigenvalue weighted by Crippen LogP contribution is 2.30. The zero-order valence-corrected chi connectivity index (χ0v) is 20.8. The Kier molecular flexibility index (Phi) is 6.77. The van der Waals surface area contributed by atoms with E-state index in [-0.39, 0.29) is 11.3 Å². The molecule has 34 heavy (non-hydrogen) atoms. The Bertz CT molecular complexity index is 1100. The van der Waals surface area contributed by atoms with Crippen LogP contribution in [0.4, 0.5) is 17.2 Å². The van der Waals surface area contributed by atoms with Crippen LogP contribution in [0.25, 0.3) is 11.3 Å². The molecule has 0 unspecified atom stereocenters. The third-order valence-electron chi connectivity index (χ3n) is 6.07. The fourth-order valence-corrected chi connectivity index (χ4v) is 4.46. The summed E-state index contributed by atoms with van der Waals surface area (Å²) in [4.78, 5) is 23.9. The van der Waals surface area contributed by atoms with Crippen molar-refractivity contribution in [2.75, 3.05) is 61.9 Å². The number of H-pyrrole nitrogens is 1. The number of aromatic nitrogens is 3. The lowest BCUT2D eigenvalue weighted by Gasteiger charge is -2.36. The first kappa shape index (κ1) is 23.6. The SMILES string of the molecule is CNc1nc(-c2ccc(N3CCN(C(=O)c4cn[nH]c4)CC3)cc2)ccc1N(C)CC(C)(C)C. The first-order valence-corrected chi connectivity index (χ1v) is 11.8. The average Bonchev–Trinajstić information content (AvgIpc) is 3.37. The molecule has 2 N–H and O–H groups in total. The van der Waals surface area contributed by atoms with E-state index in [1.807, 2.05) is 11.9 Å². The number of nitrogens with zero attached hydrogens (tertiary/aromatic N) is 5. The number of anilines is 3. The van der Waals surface area contributed by atoms with Crippen molar-refractivity contribution in [2.45, 2.75) is 20.8 Å². The van der Waals surface area contributed by atoms with Gasteiger partial charge in [-0.2, -0.15) is 5.10 Å². The van der Waals surface area contributed by atoms with Crippen LogP contribution in [0.3, 0.4) is 0 Å². The molecule has 1 saturated heterocycles. The lowest BCUT2D eigenvalue weighted by molar-refractivity contribution is 0.0747. The molecule has 4 rings (SSSR count). The van der Waals surface area contributed by atoms with Crippen LogP contribution in [-0.4, -0.2) is 72.8 Å². The molecule has 2 aromatic heterocycles. The number of benzene rings is 1. The van der Waals surface area contributed by atoms with Crippen LogP contribution in [-0.2, 0) is 0 Å². The summed E-state index contributed by atoms with van der Waals surface area (Å²) in [7, 11) is 4.03. The van der Waals surface area contributed by atoms with E-state index in [1.165, 1.54) is 0 Å². The molecule has 1 aliphatic rings. The topological polar surface area (TPSA) is 80.4 Å². The number of hydrogen-bond donors (Lipinski definition) is 2. The van der Waals surface area contributed by atoms with Gasteiger partial charge in [-0.25, -0.2) is 4.98 Å². The van der Waals surface area contributed by atoms with E-state index in [2.05, 4.69) is 89.5 Å². The fraction of sp³-hybridized carbons (Fsp3) is 0.423. The van der Waals surface area contributed by atoms with E-state index in [4.69, 9.17) is 4.98 Å². The molecule has 0 spiro atoms. The zero-order chi connectivity index (χ0) is 24.3. The molecule has 0 atom stereocenters. The maximum Gasteiger partial charge on any atom is 0.257 e. The van der Waals surface area contributed by atoms with Crippen LogP contribution in [0.15, 0.2) is 48.8 Å². The van der Waals surface area contributed by atoms with Gasteiger partial charge in [0.25, 0.3) is 5.91 Å². The second-order valence-electron chi connectivity index (χ2n) is 10.0. The monoisotopic (exact) mass is 461 g/mol. The summed E-state index contributed by atoms with van der Waals surface area (Å²) in [6.07, 6.45) is 3.23. The maximum absolute atomic E-state index is 12.5. The Morgan fingerprint density at radius 1 is 1.09 bits per heavy atom. The highest BCUT2D eigenvalue weighted by molar-refractivity contribution is 5.93. The number of piperazine rings is 1. The normalized spacial score (nSPS) is 14.3. The zero-order valence-electron chi connectivity index (χ0n) is 20.8. The van der Waals surface area contributed by atoms with Crippen LogP contribution >= 0.6 is 0 Å². The lowest BCUT2D eigenvalue weighted by atomic mass is 9.96. The first-order valence-electron chi connectivity index (χ1n) is 11.8. The van der Waals surface area contributed by atoms with Gasteiger partial charge in [-0.05, 0) is 29.7 Å². The van der Waals surface area contributed by atoms with Gasteiger partial charge in [-0.1, -0.05) is 32.9 Å². The van der Waals surface area contributed by atoms with Gasteiger partial charge < -0.3 is 20.0 Å². The van der Waals surface area contributed by atoms with E-state index in [1.54, 1.807) is 12.4 Å². The standard InChI is InChI=1S/C26H35N7O/c1-26(2,3)18-31(5)23-11-10-22(30-24(23)27-4)19-6-8-21(9-7-19)32-12-14-33(15-13-32)25(34)20-16-28-29-17-20/h6-11,16-17H,12-15,18H2,1-5H3,(H,27,30)(H,28,29). The van der Waals surface area contributed by atoms with Crippen molar-refractivity contribution in [1.29, 1.82) is 0 Å². The van der Waals surface area contributed by atoms with E-state index in [9.17, 15) is 4.79 Å². The minimum absolute atomic E-state index is 0.0340. The quantitative estimate of drug-likeness (QED) is 0.578. The Hall–Kier alpha value is -3.55. The van der Waals surface area contributed by atoms with Crippen LogP contribution in [0, 0.1) is 5.41 Å². The van der Waals surface area contributed by atoms with Crippen molar-refractivity contribution in [3.8, 4) is 11.3 Å². The van der Waals surface area contributed by atoms with Crippen LogP contribution in [0.2, 0.25) is 0 Å². The van der Waals surface area contributed by atoms with Crippen molar-refractivity contribution >= 4 is 23.1 Å². The summed E-state index contributed by atoms with van der Waals surface area (Å²) in [6.45, 7) is 10.7. The number of amides is 1. The molecule has 180 valence electrons. The van der Waals surface area contributed by atoms with Gasteiger partial charge >= 0.3 is 0 Å². The summed E-state index contributed by atoms with van der Waals surface area (Å²) in [5.74, 6) is 0.915. The third-order valence-corrected chi connectivity index (χ3v) is 6.07. The Labute approximate surface area is 202 Å². The predicted molar refractivity (Wildman–Crippen MR) is 139 cm³/mol. The van der Waals surface area contributed by atoms with Crippen LogP contribution in [0.5, 0.6) is 0 Å². The molecule has 1 amide bonds. The summed E-state index contributed by atoms with van der Waals surface area (Å²) >= 11 is 0. The second-order valence-corrected chi connectivity index (χ2v) is 10.0. The molecule has 0 aliphatic carbocycles. The molecule has 1 aromatic carbocycles. The Balaban J connectivity index is 1.42. The number of carbonyl (C=O) groups is 1. The molecule has 0 radical (unpaired) electrons. The molecule has 0 saturated carbocycles. The number of rotatable bonds is 6. The number of carbonyl (C=O) groups excluding carboxylic acids is 1. The first-order chi connectivity index (χ1) is 16.2. The van der Waals surface area contributed by atoms with Gasteiger partial charge in [0.05, 0.1) is 23.1 Å². The van der Waals surface area contributed by atoms with Crippen molar-refractivity contribution in [3.63, 3.8) is 0 Å². The largest absolute Gasteiger partial charge is 0.371 e. The molecule has 8 nitrogen and oxygen atoms in total. The fourth-order valence-electron chi connectivity index (χ4n) is 4.46. The minimum atomic E-state index is 0.0340. The second kappa shape index (κ2) is 9.75. The van der Waals surface area contributed by atoms with E-state index >= 15 is 0 Å². The number of hydrogen-bond acceptors (Lipinski definition) is 6. The molecule has 0 bridgehead atoms. The van der Waals surface area contributed by atoms with Gasteiger partial charge in [0.2, 0.25) is 0 Å². The molecule has 3 heterocycles. The third kappa shape index (κ3) is 5.32. The van der Waals surface area contributed by atoms with E-state index < -0.39 is 0 Å². The van der Waals surface area contributed by atoms with Crippen LogP contribution in [0.1, 0.15) is 31.1 Å². The molecule has 8 heteroatoms. The van der Waals surface area contributed by atoms with E-state index in [0.29, 0.717) is 18.7 Å². The van der Waals surface area contributed by atoms with Gasteiger partial charge in [0.1, 0.15) is 5.82 Å². The summed E-state index contributed by atoms with van der Waals surface area (Å²) in [5.41, 5.74) is 5.10. The lowest BCUT2D eigenvalue weighted by Crippen LogP contribution is -2.48. The van der Waals surface area contributed by atoms with E-state index in [0.717, 1.165) is 48.1 Å². The minimum Gasteiger partial charge on any atom is -0.371 e. The highest BCUT2D eigenvalue weighted by Gasteiger charge is 2.23. The van der Waals surface area contributed by atoms with Gasteiger partial charge in [0, 0.05) is 64.3 Å². The highest BCUT2D eigenvalue weighted by atomic mass is 16.2. The average molecular weight is 462 g/mol. The summed E-state index contributed by atoms with van der Waals surface area (Å²) < 4.78 is 0. The molecule has 1 fully saturated rings. The molecular formula is C26H35N7O. The van der Waals surface area contributed by atoms with Gasteiger partial charge in [0.15, 0.2) is 0 Å². The Morgan fingerprint density at radius 3 is 2.38 bits per heavy atom. The van der Waals surface area contributed by atoms with Crippen molar-refractivity contribution < 1.29 is 4.79 Å². The van der Waals surface area contributed by atoms with Crippen molar-refractivity contribution in [1.82, 2.24) is 20.1 Å². The Morgan fingerprint density at radius 2 is 1.79 bits per heavy atom. The smallest absolute Gasteiger partial charge is 0.257 e. The number of nitrogens with one attached hydrogen (secondary N) is 2. The van der Waals surface area contributed by atoms with Crippen LogP contribution < -0.4 is 15.1 Å². The predicted octanol–water partition coefficient (Wildman–Crippen LogP) is 3.96. The van der Waals surface area contributed by atoms with Gasteiger partial charge in [-0.15, -0.1) is 0 Å². The number of aromatic amines is 1. The molecule has 3 aromatic rings. The molecular weight excluding hydrogens is 426 g/mol. The van der Waals surface area contributed by atoms with Crippen molar-refractivity contribution in [3.05, 3.63) is 54.4 Å². The van der Waals surface area contributed by atoms with Gasteiger partial charge in [-0.3, -0.25) is 9.89 Å². The molecule has 1 aliphatic heterocycles. The summed E-state index contributed by atoms with van der Waals surface area (Å²) in [6, 6.07) is 12.8. The maximum atomic E-state index is 12.5.